The Balaban J connectivity index is 1.94. The number of thiocarbonyl (C=S) groups is 1. The van der Waals surface area contributed by atoms with Crippen LogP contribution in [0.2, 0.25) is 10.0 Å². The second-order valence-corrected chi connectivity index (χ2v) is 7.17. The molecule has 27 heavy (non-hydrogen) atoms. The van der Waals surface area contributed by atoms with Gasteiger partial charge >= 0.3 is 0 Å². The molecule has 3 N–H and O–H groups in total. The molecule has 0 saturated heterocycles. The van der Waals surface area contributed by atoms with Gasteiger partial charge in [0.25, 0.3) is 5.91 Å². The molecule has 1 aliphatic rings. The number of hydrogen-bond donors (Lipinski definition) is 3. The smallest absolute Gasteiger partial charge is 0.255 e. The van der Waals surface area contributed by atoms with Crippen molar-refractivity contribution in [2.75, 3.05) is 12.4 Å². The highest BCUT2D eigenvalue weighted by atomic mass is 35.5. The third-order valence-corrected chi connectivity index (χ3v) is 4.91. The first-order valence-electron chi connectivity index (χ1n) is 8.07. The summed E-state index contributed by atoms with van der Waals surface area (Å²) in [7, 11) is 1.60. The Hall–Kier alpha value is -2.28. The minimum atomic E-state index is -0.407. The molecule has 2 aromatic carbocycles. The second-order valence-electron chi connectivity index (χ2n) is 5.92. The molecule has 8 heteroatoms. The SMILES string of the molecule is COc1ccc(C2NC(=S)NC(C)=C2C(=O)Nc2ccc(Cl)cc2Cl)cc1. The highest BCUT2D eigenvalue weighted by molar-refractivity contribution is 7.80. The molecule has 1 heterocycles. The van der Waals surface area contributed by atoms with E-state index in [1.54, 1.807) is 25.3 Å². The van der Waals surface area contributed by atoms with Crippen LogP contribution in [-0.2, 0) is 4.79 Å². The molecule has 2 aromatic rings. The van der Waals surface area contributed by atoms with E-state index in [1.807, 2.05) is 31.2 Å². The van der Waals surface area contributed by atoms with Crippen LogP contribution in [0.4, 0.5) is 5.69 Å². The minimum absolute atomic E-state index is 0.292. The van der Waals surface area contributed by atoms with E-state index in [0.717, 1.165) is 11.3 Å². The predicted octanol–water partition coefficient (Wildman–Crippen LogP) is 4.43. The first-order valence-corrected chi connectivity index (χ1v) is 9.24. The van der Waals surface area contributed by atoms with Crippen LogP contribution in [0.3, 0.4) is 0 Å². The fourth-order valence-electron chi connectivity index (χ4n) is 2.82. The van der Waals surface area contributed by atoms with Gasteiger partial charge in [-0.3, -0.25) is 4.79 Å². The van der Waals surface area contributed by atoms with Crippen molar-refractivity contribution in [1.29, 1.82) is 0 Å². The maximum absolute atomic E-state index is 13.0. The largest absolute Gasteiger partial charge is 0.497 e. The standard InChI is InChI=1S/C19H17Cl2N3O2S/c1-10-16(18(25)23-15-8-5-12(20)9-14(15)21)17(24-19(27)22-10)11-3-6-13(26-2)7-4-11/h3-9,17H,1-2H3,(H,23,25)(H2,22,24,27). The van der Waals surface area contributed by atoms with E-state index in [1.165, 1.54) is 0 Å². The van der Waals surface area contributed by atoms with E-state index in [9.17, 15) is 4.79 Å². The number of halogens is 2. The molecule has 0 aliphatic carbocycles. The highest BCUT2D eigenvalue weighted by Crippen LogP contribution is 2.31. The van der Waals surface area contributed by atoms with Crippen molar-refractivity contribution < 1.29 is 9.53 Å². The summed E-state index contributed by atoms with van der Waals surface area (Å²) in [6, 6.07) is 11.9. The molecule has 0 aromatic heterocycles. The van der Waals surface area contributed by atoms with Crippen LogP contribution in [0.15, 0.2) is 53.7 Å². The van der Waals surface area contributed by atoms with Gasteiger partial charge in [0.05, 0.1) is 29.4 Å². The zero-order valence-electron chi connectivity index (χ0n) is 14.6. The summed E-state index contributed by atoms with van der Waals surface area (Å²) in [5.41, 5.74) is 2.54. The van der Waals surface area contributed by atoms with E-state index in [4.69, 9.17) is 40.2 Å². The van der Waals surface area contributed by atoms with Gasteiger partial charge in [0.2, 0.25) is 0 Å². The van der Waals surface area contributed by atoms with Gasteiger partial charge < -0.3 is 20.7 Å². The van der Waals surface area contributed by atoms with Gasteiger partial charge in [0.15, 0.2) is 5.11 Å². The first kappa shape index (κ1) is 19.5. The van der Waals surface area contributed by atoms with Gasteiger partial charge in [-0.15, -0.1) is 0 Å². The van der Waals surface area contributed by atoms with Crippen LogP contribution in [0.1, 0.15) is 18.5 Å². The summed E-state index contributed by atoms with van der Waals surface area (Å²) in [6.45, 7) is 1.81. The highest BCUT2D eigenvalue weighted by Gasteiger charge is 2.30. The summed E-state index contributed by atoms with van der Waals surface area (Å²) in [4.78, 5) is 13.0. The number of carbonyl (C=O) groups excluding carboxylic acids is 1. The Morgan fingerprint density at radius 3 is 2.52 bits per heavy atom. The number of rotatable bonds is 4. The van der Waals surface area contributed by atoms with Gasteiger partial charge in [-0.2, -0.15) is 0 Å². The van der Waals surface area contributed by atoms with Crippen molar-refractivity contribution >= 4 is 52.1 Å². The predicted molar refractivity (Wildman–Crippen MR) is 112 cm³/mol. The summed E-state index contributed by atoms with van der Waals surface area (Å²) in [6.07, 6.45) is 0. The van der Waals surface area contributed by atoms with Crippen molar-refractivity contribution in [3.8, 4) is 5.75 Å². The average molecular weight is 422 g/mol. The number of carbonyl (C=O) groups is 1. The number of allylic oxidation sites excluding steroid dienone is 1. The summed E-state index contributed by atoms with van der Waals surface area (Å²) >= 11 is 17.4. The van der Waals surface area contributed by atoms with Crippen molar-refractivity contribution in [2.24, 2.45) is 0 Å². The lowest BCUT2D eigenvalue weighted by molar-refractivity contribution is -0.113. The van der Waals surface area contributed by atoms with E-state index >= 15 is 0 Å². The minimum Gasteiger partial charge on any atom is -0.497 e. The number of benzene rings is 2. The Labute approximate surface area is 172 Å². The van der Waals surface area contributed by atoms with Crippen molar-refractivity contribution in [1.82, 2.24) is 10.6 Å². The van der Waals surface area contributed by atoms with E-state index in [0.29, 0.717) is 32.1 Å². The number of hydrogen-bond acceptors (Lipinski definition) is 3. The van der Waals surface area contributed by atoms with Crippen LogP contribution in [0, 0.1) is 0 Å². The van der Waals surface area contributed by atoms with Crippen LogP contribution < -0.4 is 20.7 Å². The number of anilines is 1. The van der Waals surface area contributed by atoms with Gasteiger partial charge in [-0.25, -0.2) is 0 Å². The molecule has 1 amide bonds. The van der Waals surface area contributed by atoms with Gasteiger partial charge in [-0.05, 0) is 55.0 Å². The normalized spacial score (nSPS) is 16.4. The lowest BCUT2D eigenvalue weighted by Gasteiger charge is -2.30. The van der Waals surface area contributed by atoms with Crippen LogP contribution in [0.5, 0.6) is 5.75 Å². The lowest BCUT2D eigenvalue weighted by atomic mass is 9.95. The molecule has 1 atom stereocenters. The lowest BCUT2D eigenvalue weighted by Crippen LogP contribution is -2.45. The Morgan fingerprint density at radius 1 is 1.19 bits per heavy atom. The van der Waals surface area contributed by atoms with Crippen LogP contribution >= 0.6 is 35.4 Å². The number of amides is 1. The first-order chi connectivity index (χ1) is 12.9. The summed E-state index contributed by atoms with van der Waals surface area (Å²) in [5, 5.41) is 10.3. The average Bonchev–Trinajstić information content (AvgIpc) is 2.63. The van der Waals surface area contributed by atoms with E-state index < -0.39 is 6.04 Å². The van der Waals surface area contributed by atoms with Crippen molar-refractivity contribution in [3.05, 3.63) is 69.3 Å². The van der Waals surface area contributed by atoms with Crippen LogP contribution in [0.25, 0.3) is 0 Å². The van der Waals surface area contributed by atoms with Gasteiger partial charge in [0, 0.05) is 10.7 Å². The molecule has 140 valence electrons. The van der Waals surface area contributed by atoms with Crippen molar-refractivity contribution in [3.63, 3.8) is 0 Å². The molecule has 0 saturated carbocycles. The third kappa shape index (κ3) is 4.35. The molecular weight excluding hydrogens is 405 g/mol. The molecule has 1 unspecified atom stereocenters. The molecule has 3 rings (SSSR count). The molecule has 5 nitrogen and oxygen atoms in total. The van der Waals surface area contributed by atoms with Crippen LogP contribution in [-0.4, -0.2) is 18.1 Å². The second kappa shape index (κ2) is 8.17. The molecule has 1 aliphatic heterocycles. The monoisotopic (exact) mass is 421 g/mol. The fraction of sp³-hybridized carbons (Fsp3) is 0.158. The van der Waals surface area contributed by atoms with Gasteiger partial charge in [0.1, 0.15) is 5.75 Å². The summed E-state index contributed by atoms with van der Waals surface area (Å²) < 4.78 is 5.20. The Bertz CT molecular complexity index is 929. The number of nitrogens with one attached hydrogen (secondary N) is 3. The Morgan fingerprint density at radius 2 is 1.89 bits per heavy atom. The van der Waals surface area contributed by atoms with Gasteiger partial charge in [-0.1, -0.05) is 35.3 Å². The Kier molecular flexibility index (Phi) is 5.89. The van der Waals surface area contributed by atoms with Crippen molar-refractivity contribution in [2.45, 2.75) is 13.0 Å². The zero-order valence-corrected chi connectivity index (χ0v) is 16.9. The fourth-order valence-corrected chi connectivity index (χ4v) is 3.55. The van der Waals surface area contributed by atoms with E-state index in [2.05, 4.69) is 16.0 Å². The van der Waals surface area contributed by atoms with E-state index in [-0.39, 0.29) is 5.91 Å². The number of ether oxygens (including phenoxy) is 1. The molecule has 0 radical (unpaired) electrons. The maximum Gasteiger partial charge on any atom is 0.255 e. The third-order valence-electron chi connectivity index (χ3n) is 4.14. The molecule has 0 fully saturated rings. The molecule has 0 spiro atoms. The number of methoxy groups -OCH3 is 1. The topological polar surface area (TPSA) is 62.4 Å². The quantitative estimate of drug-likeness (QED) is 0.637. The molecule has 0 bridgehead atoms. The zero-order chi connectivity index (χ0) is 19.6. The molecular formula is C19H17Cl2N3O2S. The maximum atomic E-state index is 13.0. The summed E-state index contributed by atoms with van der Waals surface area (Å²) in [5.74, 6) is 0.440.